The second kappa shape index (κ2) is 8.93. The van der Waals surface area contributed by atoms with Crippen molar-refractivity contribution in [2.75, 3.05) is 30.8 Å². The molecule has 0 atom stereocenters. The molecule has 0 heterocycles. The maximum Gasteiger partial charge on any atom is 0.238 e. The molecule has 0 radical (unpaired) electrons. The number of halogens is 4. The van der Waals surface area contributed by atoms with Crippen LogP contribution in [0.15, 0.2) is 36.4 Å². The minimum absolute atomic E-state index is 0.138. The molecule has 0 aliphatic rings. The van der Waals surface area contributed by atoms with Crippen LogP contribution < -0.4 is 10.6 Å². The Morgan fingerprint density at radius 3 is 2.19 bits per heavy atom. The first-order valence-corrected chi connectivity index (χ1v) is 8.19. The number of rotatable bonds is 6. The molecule has 0 bridgehead atoms. The third-order valence-electron chi connectivity index (χ3n) is 3.26. The van der Waals surface area contributed by atoms with Crippen molar-refractivity contribution in [1.29, 1.82) is 0 Å². The highest BCUT2D eigenvalue weighted by Crippen LogP contribution is 2.29. The normalized spacial score (nSPS) is 10.7. The van der Waals surface area contributed by atoms with Gasteiger partial charge in [0.15, 0.2) is 0 Å². The number of hydrogen-bond acceptors (Lipinski definition) is 3. The van der Waals surface area contributed by atoms with Gasteiger partial charge in [-0.3, -0.25) is 14.5 Å². The summed E-state index contributed by atoms with van der Waals surface area (Å²) in [5, 5.41) is 5.39. The average molecular weight is 402 g/mol. The van der Waals surface area contributed by atoms with Crippen molar-refractivity contribution in [3.05, 3.63) is 58.1 Å². The highest BCUT2D eigenvalue weighted by molar-refractivity contribution is 6.39. The number of likely N-dealkylation sites (N-methyl/N-ethyl adjacent to an activating group) is 1. The first-order chi connectivity index (χ1) is 12.3. The Hall–Kier alpha value is -2.22. The van der Waals surface area contributed by atoms with Crippen LogP contribution in [0.25, 0.3) is 0 Å². The van der Waals surface area contributed by atoms with E-state index in [2.05, 4.69) is 10.6 Å². The lowest BCUT2D eigenvalue weighted by atomic mass is 10.3. The standard InChI is InChI=1S/C17H15Cl2F2N3O2/c1-24(8-15(25)22-14-7-10(20)5-6-13(14)21)9-16(26)23-17-11(18)3-2-4-12(17)19/h2-7H,8-9H2,1H3,(H,22,25)(H,23,26). The average Bonchev–Trinajstić information content (AvgIpc) is 2.54. The fraction of sp³-hybridized carbons (Fsp3) is 0.176. The van der Waals surface area contributed by atoms with E-state index < -0.39 is 23.4 Å². The molecule has 26 heavy (non-hydrogen) atoms. The van der Waals surface area contributed by atoms with E-state index in [9.17, 15) is 18.4 Å². The molecule has 0 saturated heterocycles. The molecule has 9 heteroatoms. The highest BCUT2D eigenvalue weighted by Gasteiger charge is 2.15. The topological polar surface area (TPSA) is 61.4 Å². The predicted octanol–water partition coefficient (Wildman–Crippen LogP) is 3.78. The van der Waals surface area contributed by atoms with Crippen LogP contribution in [0.1, 0.15) is 0 Å². The number of amides is 2. The zero-order valence-electron chi connectivity index (χ0n) is 13.7. The number of carbonyl (C=O) groups excluding carboxylic acids is 2. The number of carbonyl (C=O) groups is 2. The smallest absolute Gasteiger partial charge is 0.238 e. The Morgan fingerprint density at radius 2 is 1.58 bits per heavy atom. The summed E-state index contributed by atoms with van der Waals surface area (Å²) in [5.41, 5.74) is 0.0104. The second-order valence-electron chi connectivity index (χ2n) is 5.49. The molecule has 2 amide bonds. The molecule has 0 fully saturated rings. The van der Waals surface area contributed by atoms with Gasteiger partial charge < -0.3 is 10.6 Å². The van der Waals surface area contributed by atoms with Crippen molar-refractivity contribution < 1.29 is 18.4 Å². The monoisotopic (exact) mass is 401 g/mol. The van der Waals surface area contributed by atoms with Crippen LogP contribution >= 0.6 is 23.2 Å². The van der Waals surface area contributed by atoms with Crippen molar-refractivity contribution in [3.8, 4) is 0 Å². The predicted molar refractivity (Wildman–Crippen MR) is 97.6 cm³/mol. The fourth-order valence-corrected chi connectivity index (χ4v) is 2.62. The van der Waals surface area contributed by atoms with Gasteiger partial charge in [-0.1, -0.05) is 29.3 Å². The van der Waals surface area contributed by atoms with E-state index in [1.807, 2.05) is 0 Å². The van der Waals surface area contributed by atoms with E-state index >= 15 is 0 Å². The molecule has 0 saturated carbocycles. The minimum Gasteiger partial charge on any atom is -0.322 e. The van der Waals surface area contributed by atoms with Crippen LogP contribution in [0.5, 0.6) is 0 Å². The number of hydrogen-bond donors (Lipinski definition) is 2. The zero-order chi connectivity index (χ0) is 19.3. The minimum atomic E-state index is -0.756. The molecule has 0 aromatic heterocycles. The fourth-order valence-electron chi connectivity index (χ4n) is 2.13. The van der Waals surface area contributed by atoms with Gasteiger partial charge in [-0.2, -0.15) is 0 Å². The summed E-state index contributed by atoms with van der Waals surface area (Å²) in [4.78, 5) is 25.4. The van der Waals surface area contributed by atoms with Gasteiger partial charge in [-0.25, -0.2) is 8.78 Å². The third-order valence-corrected chi connectivity index (χ3v) is 3.89. The third kappa shape index (κ3) is 5.66. The van der Waals surface area contributed by atoms with E-state index in [0.717, 1.165) is 18.2 Å². The van der Waals surface area contributed by atoms with Gasteiger partial charge >= 0.3 is 0 Å². The van der Waals surface area contributed by atoms with Gasteiger partial charge in [0.2, 0.25) is 11.8 Å². The zero-order valence-corrected chi connectivity index (χ0v) is 15.2. The summed E-state index contributed by atoms with van der Waals surface area (Å²) in [5.74, 6) is -2.47. The van der Waals surface area contributed by atoms with Crippen LogP contribution in [0, 0.1) is 11.6 Å². The number of nitrogens with zero attached hydrogens (tertiary/aromatic N) is 1. The van der Waals surface area contributed by atoms with E-state index in [-0.39, 0.29) is 34.5 Å². The van der Waals surface area contributed by atoms with Crippen molar-refractivity contribution in [2.24, 2.45) is 0 Å². The SMILES string of the molecule is CN(CC(=O)Nc1cc(F)ccc1F)CC(=O)Nc1c(Cl)cccc1Cl. The molecule has 2 aromatic rings. The maximum atomic E-state index is 13.5. The van der Waals surface area contributed by atoms with Crippen molar-refractivity contribution in [2.45, 2.75) is 0 Å². The Bertz CT molecular complexity index is 813. The molecule has 0 spiro atoms. The van der Waals surface area contributed by atoms with Crippen LogP contribution in [-0.4, -0.2) is 36.9 Å². The largest absolute Gasteiger partial charge is 0.322 e. The lowest BCUT2D eigenvalue weighted by molar-refractivity contribution is -0.119. The molecule has 2 aromatic carbocycles. The molecule has 5 nitrogen and oxygen atoms in total. The molecule has 0 aliphatic heterocycles. The van der Waals surface area contributed by atoms with E-state index in [4.69, 9.17) is 23.2 Å². The molecule has 0 aliphatic carbocycles. The lowest BCUT2D eigenvalue weighted by Gasteiger charge is -2.17. The van der Waals surface area contributed by atoms with Gasteiger partial charge in [-0.05, 0) is 31.3 Å². The summed E-state index contributed by atoms with van der Waals surface area (Å²) in [6, 6.07) is 7.53. The molecule has 2 rings (SSSR count). The van der Waals surface area contributed by atoms with E-state index in [0.29, 0.717) is 0 Å². The Kier molecular flexibility index (Phi) is 6.90. The molecular weight excluding hydrogens is 387 g/mol. The van der Waals surface area contributed by atoms with Gasteiger partial charge in [0.05, 0.1) is 34.5 Å². The summed E-state index contributed by atoms with van der Waals surface area (Å²) in [6.45, 7) is -0.347. The Labute approximate surface area is 158 Å². The van der Waals surface area contributed by atoms with Crippen molar-refractivity contribution >= 4 is 46.4 Å². The van der Waals surface area contributed by atoms with Gasteiger partial charge in [0.1, 0.15) is 11.6 Å². The number of benzene rings is 2. The molecule has 2 N–H and O–H groups in total. The number of para-hydroxylation sites is 1. The first kappa shape index (κ1) is 20.1. The summed E-state index contributed by atoms with van der Waals surface area (Å²) in [7, 11) is 1.52. The van der Waals surface area contributed by atoms with Crippen molar-refractivity contribution in [1.82, 2.24) is 4.90 Å². The van der Waals surface area contributed by atoms with Crippen LogP contribution in [0.4, 0.5) is 20.2 Å². The highest BCUT2D eigenvalue weighted by atomic mass is 35.5. The molecule has 0 unspecified atom stereocenters. The number of anilines is 2. The molecule has 138 valence electrons. The summed E-state index contributed by atoms with van der Waals surface area (Å²) < 4.78 is 26.6. The van der Waals surface area contributed by atoms with Gasteiger partial charge in [0.25, 0.3) is 0 Å². The van der Waals surface area contributed by atoms with Crippen LogP contribution in [0.3, 0.4) is 0 Å². The lowest BCUT2D eigenvalue weighted by Crippen LogP contribution is -2.36. The van der Waals surface area contributed by atoms with Gasteiger partial charge in [-0.15, -0.1) is 0 Å². The Morgan fingerprint density at radius 1 is 1.00 bits per heavy atom. The molecular formula is C17H15Cl2F2N3O2. The maximum absolute atomic E-state index is 13.5. The van der Waals surface area contributed by atoms with Crippen LogP contribution in [-0.2, 0) is 9.59 Å². The summed E-state index contributed by atoms with van der Waals surface area (Å²) >= 11 is 11.9. The first-order valence-electron chi connectivity index (χ1n) is 7.43. The Balaban J connectivity index is 1.89. The number of nitrogens with one attached hydrogen (secondary N) is 2. The quantitative estimate of drug-likeness (QED) is 0.773. The summed E-state index contributed by atoms with van der Waals surface area (Å²) in [6.07, 6.45) is 0. The van der Waals surface area contributed by atoms with Gasteiger partial charge in [0, 0.05) is 6.07 Å². The van der Waals surface area contributed by atoms with E-state index in [1.54, 1.807) is 18.2 Å². The van der Waals surface area contributed by atoms with Crippen LogP contribution in [0.2, 0.25) is 10.0 Å². The van der Waals surface area contributed by atoms with Crippen molar-refractivity contribution in [3.63, 3.8) is 0 Å². The second-order valence-corrected chi connectivity index (χ2v) is 6.30. The van der Waals surface area contributed by atoms with E-state index in [1.165, 1.54) is 11.9 Å².